The standard InChI is InChI=1S/C9H19N3O2/c10-4-1-7-14-8-2-5-12(6-3-8)9(11)13/h8H,1-7,10H2,(H2,11,13). The maximum absolute atomic E-state index is 10.8. The van der Waals surface area contributed by atoms with Crippen molar-refractivity contribution in [3.8, 4) is 0 Å². The van der Waals surface area contributed by atoms with E-state index in [-0.39, 0.29) is 12.1 Å². The molecule has 1 fully saturated rings. The van der Waals surface area contributed by atoms with Gasteiger partial charge in [-0.1, -0.05) is 0 Å². The van der Waals surface area contributed by atoms with Gasteiger partial charge in [-0.2, -0.15) is 0 Å². The highest BCUT2D eigenvalue weighted by Crippen LogP contribution is 2.13. The molecule has 2 amide bonds. The van der Waals surface area contributed by atoms with Gasteiger partial charge in [0.25, 0.3) is 0 Å². The van der Waals surface area contributed by atoms with Crippen LogP contribution in [0.25, 0.3) is 0 Å². The lowest BCUT2D eigenvalue weighted by Gasteiger charge is -2.30. The van der Waals surface area contributed by atoms with Crippen LogP contribution in [-0.4, -0.2) is 43.3 Å². The molecule has 1 saturated heterocycles. The van der Waals surface area contributed by atoms with Crippen molar-refractivity contribution in [2.45, 2.75) is 25.4 Å². The number of hydrogen-bond acceptors (Lipinski definition) is 3. The number of amides is 2. The quantitative estimate of drug-likeness (QED) is 0.623. The molecule has 0 radical (unpaired) electrons. The number of primary amides is 1. The molecule has 0 aromatic carbocycles. The summed E-state index contributed by atoms with van der Waals surface area (Å²) in [6.45, 7) is 2.81. The number of carbonyl (C=O) groups is 1. The number of urea groups is 1. The summed E-state index contributed by atoms with van der Waals surface area (Å²) in [4.78, 5) is 12.5. The number of rotatable bonds is 4. The van der Waals surface area contributed by atoms with Crippen molar-refractivity contribution >= 4 is 6.03 Å². The van der Waals surface area contributed by atoms with Gasteiger partial charge in [-0.05, 0) is 25.8 Å². The molecular formula is C9H19N3O2. The van der Waals surface area contributed by atoms with Gasteiger partial charge in [-0.15, -0.1) is 0 Å². The molecule has 0 aromatic rings. The number of piperidine rings is 1. The van der Waals surface area contributed by atoms with Crippen LogP contribution < -0.4 is 11.5 Å². The van der Waals surface area contributed by atoms with Crippen LogP contribution in [0.2, 0.25) is 0 Å². The largest absolute Gasteiger partial charge is 0.378 e. The molecule has 0 atom stereocenters. The maximum atomic E-state index is 10.8. The Balaban J connectivity index is 2.12. The predicted octanol–water partition coefficient (Wildman–Crippen LogP) is -0.105. The average Bonchev–Trinajstić information content (AvgIpc) is 2.19. The van der Waals surface area contributed by atoms with Crippen molar-refractivity contribution in [2.24, 2.45) is 11.5 Å². The van der Waals surface area contributed by atoms with Crippen LogP contribution in [-0.2, 0) is 4.74 Å². The summed E-state index contributed by atoms with van der Waals surface area (Å²) in [6, 6.07) is -0.328. The van der Waals surface area contributed by atoms with Crippen LogP contribution in [0.15, 0.2) is 0 Å². The first-order valence-electron chi connectivity index (χ1n) is 5.10. The molecule has 0 aromatic heterocycles. The first kappa shape index (κ1) is 11.3. The molecule has 82 valence electrons. The summed E-state index contributed by atoms with van der Waals surface area (Å²) >= 11 is 0. The van der Waals surface area contributed by atoms with Gasteiger partial charge in [0.15, 0.2) is 0 Å². The molecule has 0 bridgehead atoms. The molecule has 5 nitrogen and oxygen atoms in total. The van der Waals surface area contributed by atoms with Gasteiger partial charge >= 0.3 is 6.03 Å². The fourth-order valence-corrected chi connectivity index (χ4v) is 1.58. The highest BCUT2D eigenvalue weighted by Gasteiger charge is 2.21. The number of carbonyl (C=O) groups excluding carboxylic acids is 1. The fourth-order valence-electron chi connectivity index (χ4n) is 1.58. The molecule has 1 aliphatic rings. The van der Waals surface area contributed by atoms with Crippen molar-refractivity contribution in [3.05, 3.63) is 0 Å². The Labute approximate surface area is 84.4 Å². The summed E-state index contributed by atoms with van der Waals surface area (Å²) in [5.41, 5.74) is 10.5. The van der Waals surface area contributed by atoms with E-state index in [2.05, 4.69) is 0 Å². The number of likely N-dealkylation sites (tertiary alicyclic amines) is 1. The highest BCUT2D eigenvalue weighted by atomic mass is 16.5. The van der Waals surface area contributed by atoms with Crippen molar-refractivity contribution < 1.29 is 9.53 Å². The fraction of sp³-hybridized carbons (Fsp3) is 0.889. The lowest BCUT2D eigenvalue weighted by molar-refractivity contribution is 0.0153. The first-order chi connectivity index (χ1) is 6.74. The Morgan fingerprint density at radius 3 is 2.57 bits per heavy atom. The Morgan fingerprint density at radius 2 is 2.07 bits per heavy atom. The Bertz CT molecular complexity index is 179. The Kier molecular flexibility index (Phi) is 4.69. The molecule has 5 heteroatoms. The van der Waals surface area contributed by atoms with E-state index in [1.165, 1.54) is 0 Å². The minimum absolute atomic E-state index is 0.275. The van der Waals surface area contributed by atoms with Gasteiger partial charge in [-0.25, -0.2) is 4.79 Å². The third kappa shape index (κ3) is 3.51. The molecule has 1 aliphatic heterocycles. The molecule has 0 unspecified atom stereocenters. The van der Waals surface area contributed by atoms with Crippen LogP contribution in [0.5, 0.6) is 0 Å². The monoisotopic (exact) mass is 201 g/mol. The summed E-state index contributed by atoms with van der Waals surface area (Å²) < 4.78 is 5.59. The number of hydrogen-bond donors (Lipinski definition) is 2. The lowest BCUT2D eigenvalue weighted by atomic mass is 10.1. The van der Waals surface area contributed by atoms with E-state index >= 15 is 0 Å². The molecular weight excluding hydrogens is 182 g/mol. The Morgan fingerprint density at radius 1 is 1.43 bits per heavy atom. The molecule has 14 heavy (non-hydrogen) atoms. The predicted molar refractivity (Wildman–Crippen MR) is 53.8 cm³/mol. The number of ether oxygens (including phenoxy) is 1. The second-order valence-corrected chi connectivity index (χ2v) is 3.54. The molecule has 1 heterocycles. The topological polar surface area (TPSA) is 81.6 Å². The van der Waals surface area contributed by atoms with E-state index in [1.807, 2.05) is 0 Å². The molecule has 0 aliphatic carbocycles. The third-order valence-corrected chi connectivity index (χ3v) is 2.46. The number of nitrogens with two attached hydrogens (primary N) is 2. The van der Waals surface area contributed by atoms with Gasteiger partial charge in [0, 0.05) is 19.7 Å². The van der Waals surface area contributed by atoms with Gasteiger partial charge < -0.3 is 21.1 Å². The van der Waals surface area contributed by atoms with Crippen molar-refractivity contribution in [2.75, 3.05) is 26.2 Å². The first-order valence-corrected chi connectivity index (χ1v) is 5.10. The van der Waals surface area contributed by atoms with Gasteiger partial charge in [0.2, 0.25) is 0 Å². The van der Waals surface area contributed by atoms with Crippen molar-refractivity contribution in [1.82, 2.24) is 4.90 Å². The second-order valence-electron chi connectivity index (χ2n) is 3.54. The average molecular weight is 201 g/mol. The molecule has 4 N–H and O–H groups in total. The maximum Gasteiger partial charge on any atom is 0.314 e. The van der Waals surface area contributed by atoms with Crippen LogP contribution in [0.1, 0.15) is 19.3 Å². The minimum Gasteiger partial charge on any atom is -0.378 e. The summed E-state index contributed by atoms with van der Waals surface area (Å²) in [5, 5.41) is 0. The third-order valence-electron chi connectivity index (χ3n) is 2.46. The van der Waals surface area contributed by atoms with E-state index in [9.17, 15) is 4.79 Å². The minimum atomic E-state index is -0.328. The molecule has 0 spiro atoms. The van der Waals surface area contributed by atoms with Gasteiger partial charge in [-0.3, -0.25) is 0 Å². The normalized spacial score (nSPS) is 18.5. The van der Waals surface area contributed by atoms with E-state index < -0.39 is 0 Å². The van der Waals surface area contributed by atoms with E-state index in [1.54, 1.807) is 4.90 Å². The highest BCUT2D eigenvalue weighted by molar-refractivity contribution is 5.72. The molecule has 1 rings (SSSR count). The van der Waals surface area contributed by atoms with Gasteiger partial charge in [0.1, 0.15) is 0 Å². The van der Waals surface area contributed by atoms with Crippen LogP contribution in [0.3, 0.4) is 0 Å². The van der Waals surface area contributed by atoms with E-state index in [4.69, 9.17) is 16.2 Å². The zero-order valence-corrected chi connectivity index (χ0v) is 8.45. The van der Waals surface area contributed by atoms with E-state index in [0.717, 1.165) is 25.9 Å². The molecule has 0 saturated carbocycles. The summed E-state index contributed by atoms with van der Waals surface area (Å²) in [5.74, 6) is 0. The van der Waals surface area contributed by atoms with Crippen LogP contribution in [0, 0.1) is 0 Å². The Hall–Kier alpha value is -0.810. The zero-order valence-electron chi connectivity index (χ0n) is 8.45. The van der Waals surface area contributed by atoms with E-state index in [0.29, 0.717) is 19.6 Å². The zero-order chi connectivity index (χ0) is 10.4. The van der Waals surface area contributed by atoms with Gasteiger partial charge in [0.05, 0.1) is 6.10 Å². The smallest absolute Gasteiger partial charge is 0.314 e. The lowest BCUT2D eigenvalue weighted by Crippen LogP contribution is -2.43. The van der Waals surface area contributed by atoms with Crippen molar-refractivity contribution in [3.63, 3.8) is 0 Å². The SMILES string of the molecule is NCCCOC1CCN(C(N)=O)CC1. The van der Waals surface area contributed by atoms with Crippen LogP contribution >= 0.6 is 0 Å². The second kappa shape index (κ2) is 5.82. The summed E-state index contributed by atoms with van der Waals surface area (Å²) in [6.07, 6.45) is 2.94. The van der Waals surface area contributed by atoms with Crippen LogP contribution in [0.4, 0.5) is 4.79 Å². The van der Waals surface area contributed by atoms with Crippen molar-refractivity contribution in [1.29, 1.82) is 0 Å². The number of nitrogens with zero attached hydrogens (tertiary/aromatic N) is 1. The summed E-state index contributed by atoms with van der Waals surface area (Å²) in [7, 11) is 0.